The fourth-order valence-corrected chi connectivity index (χ4v) is 4.24. The maximum Gasteiger partial charge on any atom is 0.231 e. The number of hydrogen-bond donors (Lipinski definition) is 2. The maximum absolute atomic E-state index is 13.0. The topological polar surface area (TPSA) is 67.6 Å². The van der Waals surface area contributed by atoms with E-state index >= 15 is 0 Å². The van der Waals surface area contributed by atoms with Gasteiger partial charge in [0.15, 0.2) is 0 Å². The van der Waals surface area contributed by atoms with Crippen LogP contribution in [-0.4, -0.2) is 56.7 Å². The standard InChI is InChI=1S/C15H27N3O2/c1-20-11-15(5-7-17-8-6-15)13(19)18-9-12(16)14(10-18)3-2-4-14/h12,17H,2-11,16H2,1H3. The number of carbonyl (C=O) groups is 1. The van der Waals surface area contributed by atoms with Crippen molar-refractivity contribution >= 4 is 5.91 Å². The fraction of sp³-hybridized carbons (Fsp3) is 0.933. The molecule has 3 rings (SSSR count). The lowest BCUT2D eigenvalue weighted by Crippen LogP contribution is -2.51. The van der Waals surface area contributed by atoms with Gasteiger partial charge in [-0.15, -0.1) is 0 Å². The van der Waals surface area contributed by atoms with Crippen molar-refractivity contribution in [3.05, 3.63) is 0 Å². The summed E-state index contributed by atoms with van der Waals surface area (Å²) >= 11 is 0. The van der Waals surface area contributed by atoms with E-state index in [1.54, 1.807) is 7.11 Å². The van der Waals surface area contributed by atoms with Crippen LogP contribution in [0.15, 0.2) is 0 Å². The Morgan fingerprint density at radius 1 is 1.35 bits per heavy atom. The predicted octanol–water partition coefficient (Wildman–Crippen LogP) is 0.342. The molecular weight excluding hydrogens is 254 g/mol. The zero-order valence-electron chi connectivity index (χ0n) is 12.5. The highest BCUT2D eigenvalue weighted by Crippen LogP contribution is 2.48. The van der Waals surface area contributed by atoms with Crippen LogP contribution in [0, 0.1) is 10.8 Å². The number of carbonyl (C=O) groups excluding carboxylic acids is 1. The van der Waals surface area contributed by atoms with Gasteiger partial charge in [0.25, 0.3) is 0 Å². The smallest absolute Gasteiger partial charge is 0.231 e. The summed E-state index contributed by atoms with van der Waals surface area (Å²) in [5.74, 6) is 0.278. The SMILES string of the molecule is COCC1(C(=O)N2CC(N)C3(CCC3)C2)CCNCC1. The minimum atomic E-state index is -0.324. The van der Waals surface area contributed by atoms with Gasteiger partial charge in [-0.2, -0.15) is 0 Å². The van der Waals surface area contributed by atoms with Gasteiger partial charge in [0, 0.05) is 31.7 Å². The largest absolute Gasteiger partial charge is 0.384 e. The number of nitrogens with one attached hydrogen (secondary N) is 1. The quantitative estimate of drug-likeness (QED) is 0.783. The molecule has 0 aromatic rings. The van der Waals surface area contributed by atoms with Crippen LogP contribution in [0.25, 0.3) is 0 Å². The van der Waals surface area contributed by atoms with E-state index < -0.39 is 0 Å². The van der Waals surface area contributed by atoms with Gasteiger partial charge in [0.2, 0.25) is 5.91 Å². The summed E-state index contributed by atoms with van der Waals surface area (Å²) in [5, 5.41) is 3.34. The van der Waals surface area contributed by atoms with E-state index in [1.807, 2.05) is 4.90 Å². The van der Waals surface area contributed by atoms with Crippen LogP contribution in [0.5, 0.6) is 0 Å². The van der Waals surface area contributed by atoms with Crippen LogP contribution in [-0.2, 0) is 9.53 Å². The Hall–Kier alpha value is -0.650. The Kier molecular flexibility index (Phi) is 3.77. The van der Waals surface area contributed by atoms with Crippen molar-refractivity contribution in [2.24, 2.45) is 16.6 Å². The Morgan fingerprint density at radius 3 is 2.55 bits per heavy atom. The first kappa shape index (κ1) is 14.3. The summed E-state index contributed by atoms with van der Waals surface area (Å²) < 4.78 is 5.38. The van der Waals surface area contributed by atoms with Gasteiger partial charge in [-0.25, -0.2) is 0 Å². The molecular formula is C15H27N3O2. The number of amides is 1. The van der Waals surface area contributed by atoms with Gasteiger partial charge < -0.3 is 20.7 Å². The third-order valence-corrected chi connectivity index (χ3v) is 5.78. The normalized spacial score (nSPS) is 31.3. The number of nitrogens with zero attached hydrogens (tertiary/aromatic N) is 1. The van der Waals surface area contributed by atoms with E-state index in [0.29, 0.717) is 6.61 Å². The van der Waals surface area contributed by atoms with Gasteiger partial charge in [0.1, 0.15) is 0 Å². The number of piperidine rings is 1. The van der Waals surface area contributed by atoms with Crippen molar-refractivity contribution < 1.29 is 9.53 Å². The lowest BCUT2D eigenvalue weighted by Gasteiger charge is -2.42. The van der Waals surface area contributed by atoms with Crippen molar-refractivity contribution in [1.82, 2.24) is 10.2 Å². The highest BCUT2D eigenvalue weighted by molar-refractivity contribution is 5.83. The second-order valence-electron chi connectivity index (χ2n) is 6.97. The average molecular weight is 281 g/mol. The molecule has 3 aliphatic rings. The first-order chi connectivity index (χ1) is 9.62. The number of ether oxygens (including phenoxy) is 1. The highest BCUT2D eigenvalue weighted by Gasteiger charge is 2.53. The molecule has 0 aromatic carbocycles. The Labute approximate surface area is 121 Å². The van der Waals surface area contributed by atoms with E-state index in [-0.39, 0.29) is 22.8 Å². The minimum absolute atomic E-state index is 0.168. The average Bonchev–Trinajstić information content (AvgIpc) is 2.77. The molecule has 1 unspecified atom stereocenters. The molecule has 1 spiro atoms. The van der Waals surface area contributed by atoms with E-state index in [9.17, 15) is 4.79 Å². The second kappa shape index (κ2) is 5.28. The third-order valence-electron chi connectivity index (χ3n) is 5.78. The molecule has 5 nitrogen and oxygen atoms in total. The molecule has 2 saturated heterocycles. The first-order valence-corrected chi connectivity index (χ1v) is 7.87. The summed E-state index contributed by atoms with van der Waals surface area (Å²) in [7, 11) is 1.69. The molecule has 0 aromatic heterocycles. The minimum Gasteiger partial charge on any atom is -0.384 e. The van der Waals surface area contributed by atoms with Crippen LogP contribution in [0.4, 0.5) is 0 Å². The summed E-state index contributed by atoms with van der Waals surface area (Å²) in [6.07, 6.45) is 5.40. The molecule has 2 aliphatic heterocycles. The summed E-state index contributed by atoms with van der Waals surface area (Å²) in [4.78, 5) is 15.1. The van der Waals surface area contributed by atoms with Crippen molar-refractivity contribution in [2.45, 2.75) is 38.1 Å². The number of hydrogen-bond acceptors (Lipinski definition) is 4. The molecule has 1 amide bonds. The van der Waals surface area contributed by atoms with Crippen molar-refractivity contribution in [2.75, 3.05) is 39.9 Å². The lowest BCUT2D eigenvalue weighted by atomic mass is 9.66. The van der Waals surface area contributed by atoms with Crippen LogP contribution >= 0.6 is 0 Å². The maximum atomic E-state index is 13.0. The zero-order chi connectivity index (χ0) is 14.2. The van der Waals surface area contributed by atoms with Gasteiger partial charge in [-0.3, -0.25) is 4.79 Å². The second-order valence-corrected chi connectivity index (χ2v) is 6.97. The highest BCUT2D eigenvalue weighted by atomic mass is 16.5. The summed E-state index contributed by atoms with van der Waals surface area (Å²) in [5.41, 5.74) is 6.22. The molecule has 0 radical (unpaired) electrons. The summed E-state index contributed by atoms with van der Waals surface area (Å²) in [6, 6.07) is 0.168. The van der Waals surface area contributed by atoms with Gasteiger partial charge in [-0.1, -0.05) is 6.42 Å². The van der Waals surface area contributed by atoms with E-state index in [0.717, 1.165) is 39.0 Å². The van der Waals surface area contributed by atoms with Gasteiger partial charge in [0.05, 0.1) is 12.0 Å². The molecule has 2 heterocycles. The monoisotopic (exact) mass is 281 g/mol. The molecule has 3 fully saturated rings. The van der Waals surface area contributed by atoms with Crippen LogP contribution in [0.2, 0.25) is 0 Å². The number of methoxy groups -OCH3 is 1. The van der Waals surface area contributed by atoms with E-state index in [2.05, 4.69) is 5.32 Å². The van der Waals surface area contributed by atoms with Crippen LogP contribution < -0.4 is 11.1 Å². The van der Waals surface area contributed by atoms with E-state index in [4.69, 9.17) is 10.5 Å². The molecule has 3 N–H and O–H groups in total. The fourth-order valence-electron chi connectivity index (χ4n) is 4.24. The summed E-state index contributed by atoms with van der Waals surface area (Å²) in [6.45, 7) is 3.94. The Balaban J connectivity index is 1.73. The molecule has 114 valence electrons. The predicted molar refractivity (Wildman–Crippen MR) is 77.3 cm³/mol. The number of nitrogens with two attached hydrogens (primary N) is 1. The van der Waals surface area contributed by atoms with Gasteiger partial charge >= 0.3 is 0 Å². The van der Waals surface area contributed by atoms with Crippen molar-refractivity contribution in [1.29, 1.82) is 0 Å². The Bertz CT molecular complexity index is 370. The molecule has 5 heteroatoms. The number of rotatable bonds is 3. The molecule has 0 bridgehead atoms. The van der Waals surface area contributed by atoms with E-state index in [1.165, 1.54) is 19.3 Å². The zero-order valence-corrected chi connectivity index (χ0v) is 12.5. The lowest BCUT2D eigenvalue weighted by molar-refractivity contribution is -0.147. The Morgan fingerprint density at radius 2 is 2.05 bits per heavy atom. The van der Waals surface area contributed by atoms with Crippen LogP contribution in [0.3, 0.4) is 0 Å². The third kappa shape index (κ3) is 2.16. The molecule has 1 aliphatic carbocycles. The molecule has 20 heavy (non-hydrogen) atoms. The molecule has 1 saturated carbocycles. The number of likely N-dealkylation sites (tertiary alicyclic amines) is 1. The first-order valence-electron chi connectivity index (χ1n) is 7.87. The van der Waals surface area contributed by atoms with Crippen molar-refractivity contribution in [3.63, 3.8) is 0 Å². The van der Waals surface area contributed by atoms with Gasteiger partial charge in [-0.05, 0) is 38.8 Å². The van der Waals surface area contributed by atoms with Crippen LogP contribution in [0.1, 0.15) is 32.1 Å². The molecule has 1 atom stereocenters. The van der Waals surface area contributed by atoms with Crippen molar-refractivity contribution in [3.8, 4) is 0 Å².